The molecule has 3 heterocycles. The van der Waals surface area contributed by atoms with Crippen molar-refractivity contribution >= 4 is 0 Å². The molecule has 5 heteroatoms. The van der Waals surface area contributed by atoms with Crippen LogP contribution in [0.5, 0.6) is 0 Å². The van der Waals surface area contributed by atoms with Crippen LogP contribution in [0, 0.1) is 6.92 Å². The van der Waals surface area contributed by atoms with Crippen molar-refractivity contribution in [3.05, 3.63) is 53.4 Å². The highest BCUT2D eigenvalue weighted by atomic mass is 16.5. The standard InChI is InChI=1S/C18H24N4O/c1-3-4-18-20-10-15(11-21-18)12-22-7-8-23-17(13-22)16-6-5-14(2)9-19-16/h5-6,9-11,17H,3-4,7-8,12-13H2,1-2H3/t17-/m0/s1. The molecule has 0 saturated carbocycles. The molecule has 1 aliphatic heterocycles. The van der Waals surface area contributed by atoms with Gasteiger partial charge >= 0.3 is 0 Å². The SMILES string of the molecule is CCCc1ncc(CN2CCO[C@H](c3ccc(C)cn3)C2)cn1. The van der Waals surface area contributed by atoms with Gasteiger partial charge in [0, 0.05) is 50.2 Å². The second kappa shape index (κ2) is 7.62. The van der Waals surface area contributed by atoms with Gasteiger partial charge in [-0.15, -0.1) is 0 Å². The van der Waals surface area contributed by atoms with Gasteiger partial charge in [-0.05, 0) is 25.0 Å². The molecule has 122 valence electrons. The first-order valence-corrected chi connectivity index (χ1v) is 8.31. The quantitative estimate of drug-likeness (QED) is 0.849. The Kier molecular flexibility index (Phi) is 5.31. The lowest BCUT2D eigenvalue weighted by Gasteiger charge is -2.32. The summed E-state index contributed by atoms with van der Waals surface area (Å²) in [5.41, 5.74) is 3.34. The van der Waals surface area contributed by atoms with E-state index in [1.54, 1.807) is 0 Å². The van der Waals surface area contributed by atoms with E-state index in [2.05, 4.69) is 38.9 Å². The number of ether oxygens (including phenoxy) is 1. The molecule has 0 unspecified atom stereocenters. The molecule has 5 nitrogen and oxygen atoms in total. The average Bonchev–Trinajstić information content (AvgIpc) is 2.58. The predicted molar refractivity (Wildman–Crippen MR) is 89.0 cm³/mol. The molecule has 0 radical (unpaired) electrons. The fourth-order valence-electron chi connectivity index (χ4n) is 2.77. The Morgan fingerprint density at radius 1 is 1.17 bits per heavy atom. The van der Waals surface area contributed by atoms with Crippen LogP contribution in [0.4, 0.5) is 0 Å². The lowest BCUT2D eigenvalue weighted by atomic mass is 10.1. The van der Waals surface area contributed by atoms with E-state index in [0.29, 0.717) is 0 Å². The van der Waals surface area contributed by atoms with Crippen molar-refractivity contribution in [1.82, 2.24) is 19.9 Å². The van der Waals surface area contributed by atoms with E-state index in [1.165, 1.54) is 5.56 Å². The van der Waals surface area contributed by atoms with E-state index < -0.39 is 0 Å². The minimum atomic E-state index is 0.0460. The van der Waals surface area contributed by atoms with Gasteiger partial charge in [-0.25, -0.2) is 9.97 Å². The lowest BCUT2D eigenvalue weighted by molar-refractivity contribution is -0.0350. The Morgan fingerprint density at radius 2 is 2.00 bits per heavy atom. The van der Waals surface area contributed by atoms with Crippen LogP contribution < -0.4 is 0 Å². The average molecular weight is 312 g/mol. The number of pyridine rings is 1. The Balaban J connectivity index is 1.61. The van der Waals surface area contributed by atoms with Crippen molar-refractivity contribution in [2.75, 3.05) is 19.7 Å². The molecule has 0 aliphatic carbocycles. The zero-order chi connectivity index (χ0) is 16.1. The maximum Gasteiger partial charge on any atom is 0.128 e. The van der Waals surface area contributed by atoms with Crippen molar-refractivity contribution in [2.24, 2.45) is 0 Å². The van der Waals surface area contributed by atoms with E-state index in [-0.39, 0.29) is 6.10 Å². The first-order valence-electron chi connectivity index (χ1n) is 8.31. The minimum absolute atomic E-state index is 0.0460. The van der Waals surface area contributed by atoms with E-state index in [9.17, 15) is 0 Å². The van der Waals surface area contributed by atoms with E-state index >= 15 is 0 Å². The number of aromatic nitrogens is 3. The zero-order valence-corrected chi connectivity index (χ0v) is 13.9. The van der Waals surface area contributed by atoms with Gasteiger partial charge in [0.1, 0.15) is 11.9 Å². The zero-order valence-electron chi connectivity index (χ0n) is 13.9. The molecule has 1 atom stereocenters. The molecule has 0 N–H and O–H groups in total. The minimum Gasteiger partial charge on any atom is -0.369 e. The summed E-state index contributed by atoms with van der Waals surface area (Å²) >= 11 is 0. The maximum absolute atomic E-state index is 5.89. The van der Waals surface area contributed by atoms with Gasteiger partial charge < -0.3 is 4.74 Å². The molecule has 2 aromatic rings. The molecule has 2 aromatic heterocycles. The summed E-state index contributed by atoms with van der Waals surface area (Å²) < 4.78 is 5.89. The summed E-state index contributed by atoms with van der Waals surface area (Å²) in [5.74, 6) is 0.931. The maximum atomic E-state index is 5.89. The monoisotopic (exact) mass is 312 g/mol. The Morgan fingerprint density at radius 3 is 2.70 bits per heavy atom. The number of hydrogen-bond donors (Lipinski definition) is 0. The van der Waals surface area contributed by atoms with Crippen LogP contribution in [-0.4, -0.2) is 39.5 Å². The normalized spacial score (nSPS) is 19.0. The van der Waals surface area contributed by atoms with Crippen molar-refractivity contribution in [2.45, 2.75) is 39.3 Å². The first kappa shape index (κ1) is 16.0. The molecular weight excluding hydrogens is 288 g/mol. The second-order valence-corrected chi connectivity index (χ2v) is 6.11. The van der Waals surface area contributed by atoms with Gasteiger partial charge in [-0.2, -0.15) is 0 Å². The van der Waals surface area contributed by atoms with E-state index in [0.717, 1.165) is 56.2 Å². The molecular formula is C18H24N4O. The molecule has 0 amide bonds. The van der Waals surface area contributed by atoms with Crippen molar-refractivity contribution in [1.29, 1.82) is 0 Å². The summed E-state index contributed by atoms with van der Waals surface area (Å²) in [4.78, 5) is 15.8. The number of hydrogen-bond acceptors (Lipinski definition) is 5. The largest absolute Gasteiger partial charge is 0.369 e. The van der Waals surface area contributed by atoms with Gasteiger partial charge in [-0.3, -0.25) is 9.88 Å². The van der Waals surface area contributed by atoms with Gasteiger partial charge in [0.05, 0.1) is 12.3 Å². The van der Waals surface area contributed by atoms with Crippen LogP contribution in [-0.2, 0) is 17.7 Å². The number of aryl methyl sites for hydroxylation is 2. The highest BCUT2D eigenvalue weighted by molar-refractivity contribution is 5.15. The third-order valence-electron chi connectivity index (χ3n) is 4.05. The van der Waals surface area contributed by atoms with Crippen molar-refractivity contribution in [3.63, 3.8) is 0 Å². The summed E-state index contributed by atoms with van der Waals surface area (Å²) in [6.07, 6.45) is 7.87. The van der Waals surface area contributed by atoms with Crippen LogP contribution in [0.2, 0.25) is 0 Å². The second-order valence-electron chi connectivity index (χ2n) is 6.11. The fraction of sp³-hybridized carbons (Fsp3) is 0.500. The van der Waals surface area contributed by atoms with Crippen LogP contribution in [0.25, 0.3) is 0 Å². The van der Waals surface area contributed by atoms with Gasteiger partial charge in [0.25, 0.3) is 0 Å². The van der Waals surface area contributed by atoms with E-state index in [4.69, 9.17) is 4.74 Å². The topological polar surface area (TPSA) is 51.1 Å². The van der Waals surface area contributed by atoms with Crippen LogP contribution in [0.15, 0.2) is 30.7 Å². The third-order valence-corrected chi connectivity index (χ3v) is 4.05. The number of nitrogens with zero attached hydrogens (tertiary/aromatic N) is 4. The molecule has 0 bridgehead atoms. The molecule has 1 fully saturated rings. The highest BCUT2D eigenvalue weighted by Gasteiger charge is 2.23. The number of morpholine rings is 1. The summed E-state index contributed by atoms with van der Waals surface area (Å²) in [6.45, 7) is 7.57. The molecule has 1 saturated heterocycles. The molecule has 23 heavy (non-hydrogen) atoms. The van der Waals surface area contributed by atoms with Gasteiger partial charge in [0.15, 0.2) is 0 Å². The number of rotatable bonds is 5. The molecule has 0 spiro atoms. The Hall–Kier alpha value is -1.85. The highest BCUT2D eigenvalue weighted by Crippen LogP contribution is 2.21. The van der Waals surface area contributed by atoms with Crippen LogP contribution in [0.1, 0.15) is 42.1 Å². The molecule has 0 aromatic carbocycles. The third kappa shape index (κ3) is 4.33. The van der Waals surface area contributed by atoms with Gasteiger partial charge in [0.2, 0.25) is 0 Å². The fourth-order valence-corrected chi connectivity index (χ4v) is 2.77. The van der Waals surface area contributed by atoms with E-state index in [1.807, 2.05) is 25.5 Å². The van der Waals surface area contributed by atoms with Crippen molar-refractivity contribution in [3.8, 4) is 0 Å². The Bertz CT molecular complexity index is 612. The smallest absolute Gasteiger partial charge is 0.128 e. The van der Waals surface area contributed by atoms with Gasteiger partial charge in [-0.1, -0.05) is 13.0 Å². The predicted octanol–water partition coefficient (Wildman–Crippen LogP) is 2.71. The Labute approximate surface area is 137 Å². The van der Waals surface area contributed by atoms with Crippen molar-refractivity contribution < 1.29 is 4.74 Å². The molecule has 1 aliphatic rings. The lowest BCUT2D eigenvalue weighted by Crippen LogP contribution is -2.38. The van der Waals surface area contributed by atoms with Crippen LogP contribution in [0.3, 0.4) is 0 Å². The summed E-state index contributed by atoms with van der Waals surface area (Å²) in [6, 6.07) is 4.15. The first-order chi connectivity index (χ1) is 11.2. The summed E-state index contributed by atoms with van der Waals surface area (Å²) in [7, 11) is 0. The van der Waals surface area contributed by atoms with Crippen LogP contribution >= 0.6 is 0 Å². The molecule has 3 rings (SSSR count). The summed E-state index contributed by atoms with van der Waals surface area (Å²) in [5, 5.41) is 0.